The summed E-state index contributed by atoms with van der Waals surface area (Å²) < 4.78 is 5.98. The van der Waals surface area contributed by atoms with E-state index in [2.05, 4.69) is 21.3 Å². The third-order valence-electron chi connectivity index (χ3n) is 5.39. The molecule has 27 heavy (non-hydrogen) atoms. The lowest BCUT2D eigenvalue weighted by molar-refractivity contribution is 0.0349. The Bertz CT molecular complexity index is 776. The van der Waals surface area contributed by atoms with Crippen molar-refractivity contribution in [3.8, 4) is 0 Å². The van der Waals surface area contributed by atoms with Crippen LogP contribution in [0.3, 0.4) is 0 Å². The quantitative estimate of drug-likeness (QED) is 0.901. The lowest BCUT2D eigenvalue weighted by Gasteiger charge is -2.27. The Morgan fingerprint density at radius 1 is 1.19 bits per heavy atom. The number of carbonyl (C=O) groups excluding carboxylic acids is 1. The van der Waals surface area contributed by atoms with Gasteiger partial charge in [0.1, 0.15) is 0 Å². The minimum atomic E-state index is -0.0138. The monoisotopic (exact) mass is 368 g/mol. The van der Waals surface area contributed by atoms with Crippen LogP contribution in [0, 0.1) is 0 Å². The third-order valence-corrected chi connectivity index (χ3v) is 5.39. The Kier molecular flexibility index (Phi) is 5.84. The van der Waals surface area contributed by atoms with Crippen molar-refractivity contribution < 1.29 is 9.53 Å². The Hall–Kier alpha value is -2.18. The fourth-order valence-electron chi connectivity index (χ4n) is 3.95. The molecule has 4 rings (SSSR count). The van der Waals surface area contributed by atoms with Gasteiger partial charge in [0.15, 0.2) is 0 Å². The predicted octanol–water partition coefficient (Wildman–Crippen LogP) is 2.63. The summed E-state index contributed by atoms with van der Waals surface area (Å²) in [6, 6.07) is 10.1. The van der Waals surface area contributed by atoms with Crippen molar-refractivity contribution in [2.24, 2.45) is 0 Å². The zero-order valence-electron chi connectivity index (χ0n) is 15.8. The molecular weight excluding hydrogens is 340 g/mol. The van der Waals surface area contributed by atoms with Crippen LogP contribution in [-0.4, -0.2) is 66.2 Å². The molecule has 3 heterocycles. The second kappa shape index (κ2) is 8.67. The van der Waals surface area contributed by atoms with E-state index in [0.29, 0.717) is 13.1 Å². The number of aromatic nitrogens is 1. The maximum absolute atomic E-state index is 12.7. The van der Waals surface area contributed by atoms with Crippen molar-refractivity contribution in [3.05, 3.63) is 42.1 Å². The van der Waals surface area contributed by atoms with Crippen LogP contribution in [0.15, 0.2) is 36.5 Å². The van der Waals surface area contributed by atoms with Crippen LogP contribution in [0.1, 0.15) is 24.8 Å². The van der Waals surface area contributed by atoms with Gasteiger partial charge in [-0.15, -0.1) is 0 Å². The molecule has 0 spiro atoms. The van der Waals surface area contributed by atoms with Gasteiger partial charge in [0.25, 0.3) is 0 Å². The number of hydrogen-bond acceptors (Lipinski definition) is 4. The topological polar surface area (TPSA) is 57.7 Å². The molecule has 2 amide bonds. The average Bonchev–Trinajstić information content (AvgIpc) is 3.09. The number of urea groups is 1. The molecule has 2 aliphatic rings. The summed E-state index contributed by atoms with van der Waals surface area (Å²) in [5, 5.41) is 4.15. The van der Waals surface area contributed by atoms with Crippen molar-refractivity contribution >= 4 is 16.9 Å². The minimum absolute atomic E-state index is 0.0138. The van der Waals surface area contributed by atoms with Gasteiger partial charge in [-0.3, -0.25) is 4.98 Å². The van der Waals surface area contributed by atoms with Gasteiger partial charge in [-0.1, -0.05) is 18.2 Å². The molecule has 2 aliphatic heterocycles. The minimum Gasteiger partial charge on any atom is -0.375 e. The van der Waals surface area contributed by atoms with Crippen molar-refractivity contribution in [2.45, 2.75) is 31.9 Å². The molecule has 2 aromatic rings. The molecule has 144 valence electrons. The van der Waals surface area contributed by atoms with Crippen molar-refractivity contribution in [1.29, 1.82) is 0 Å². The van der Waals surface area contributed by atoms with E-state index in [1.807, 2.05) is 35.4 Å². The van der Waals surface area contributed by atoms with Crippen LogP contribution >= 0.6 is 0 Å². The molecule has 1 N–H and O–H groups in total. The first-order valence-corrected chi connectivity index (χ1v) is 9.98. The molecule has 6 heteroatoms. The Labute approximate surface area is 160 Å². The van der Waals surface area contributed by atoms with E-state index in [4.69, 9.17) is 4.74 Å². The number of hydrogen-bond donors (Lipinski definition) is 1. The number of benzene rings is 1. The van der Waals surface area contributed by atoms with Crippen LogP contribution in [0.5, 0.6) is 0 Å². The summed E-state index contributed by atoms with van der Waals surface area (Å²) in [4.78, 5) is 21.5. The molecule has 2 fully saturated rings. The van der Waals surface area contributed by atoms with Gasteiger partial charge >= 0.3 is 6.03 Å². The number of carbonyl (C=O) groups is 1. The summed E-state index contributed by atoms with van der Waals surface area (Å²) in [6.45, 7) is 5.87. The number of nitrogens with zero attached hydrogens (tertiary/aromatic N) is 3. The number of rotatable bonds is 4. The highest BCUT2D eigenvalue weighted by Crippen LogP contribution is 2.14. The van der Waals surface area contributed by atoms with Crippen LogP contribution in [0.2, 0.25) is 0 Å². The predicted molar refractivity (Wildman–Crippen MR) is 106 cm³/mol. The number of nitrogens with one attached hydrogen (secondary N) is 1. The van der Waals surface area contributed by atoms with Crippen LogP contribution in [-0.2, 0) is 11.3 Å². The van der Waals surface area contributed by atoms with Crippen molar-refractivity contribution in [3.63, 3.8) is 0 Å². The smallest absolute Gasteiger partial charge is 0.317 e. The van der Waals surface area contributed by atoms with Crippen molar-refractivity contribution in [2.75, 3.05) is 39.3 Å². The molecule has 1 atom stereocenters. The van der Waals surface area contributed by atoms with Gasteiger partial charge < -0.3 is 19.9 Å². The van der Waals surface area contributed by atoms with Crippen LogP contribution in [0.25, 0.3) is 10.9 Å². The van der Waals surface area contributed by atoms with E-state index in [1.54, 1.807) is 0 Å². The van der Waals surface area contributed by atoms with E-state index in [9.17, 15) is 4.79 Å². The van der Waals surface area contributed by atoms with E-state index in [1.165, 1.54) is 12.8 Å². The number of para-hydroxylation sites is 1. The molecule has 0 bridgehead atoms. The van der Waals surface area contributed by atoms with E-state index >= 15 is 0 Å². The first-order valence-electron chi connectivity index (χ1n) is 9.98. The first kappa shape index (κ1) is 18.2. The molecule has 0 unspecified atom stereocenters. The highest BCUT2D eigenvalue weighted by Gasteiger charge is 2.25. The fraction of sp³-hybridized carbons (Fsp3) is 0.524. The first-order chi connectivity index (χ1) is 13.3. The standard InChI is InChI=1S/C21H28N4O2/c26-21(23-14-17-12-18-6-1-2-7-20(18)22-13-17)25-10-5-11-27-19(16-25)15-24-8-3-4-9-24/h1-2,6-7,12-13,19H,3-5,8-11,14-16H2,(H,23,26)/t19-/m0/s1. The lowest BCUT2D eigenvalue weighted by atomic mass is 10.1. The van der Waals surface area contributed by atoms with E-state index in [0.717, 1.165) is 55.7 Å². The van der Waals surface area contributed by atoms with Gasteiger partial charge in [0, 0.05) is 44.4 Å². The van der Waals surface area contributed by atoms with Gasteiger partial charge in [-0.25, -0.2) is 4.79 Å². The lowest BCUT2D eigenvalue weighted by Crippen LogP contribution is -2.45. The maximum Gasteiger partial charge on any atom is 0.317 e. The second-order valence-electron chi connectivity index (χ2n) is 7.50. The number of fused-ring (bicyclic) bond motifs is 1. The maximum atomic E-state index is 12.7. The summed E-state index contributed by atoms with van der Waals surface area (Å²) in [6.07, 6.45) is 5.39. The van der Waals surface area contributed by atoms with Gasteiger partial charge in [-0.05, 0) is 50.0 Å². The number of amides is 2. The molecule has 6 nitrogen and oxygen atoms in total. The highest BCUT2D eigenvalue weighted by molar-refractivity contribution is 5.79. The number of ether oxygens (including phenoxy) is 1. The van der Waals surface area contributed by atoms with E-state index in [-0.39, 0.29) is 12.1 Å². The third kappa shape index (κ3) is 4.76. The SMILES string of the molecule is O=C(NCc1cnc2ccccc2c1)N1CCCO[C@@H](CN2CCCC2)C1. The molecule has 2 saturated heterocycles. The normalized spacial score (nSPS) is 21.3. The van der Waals surface area contributed by atoms with Gasteiger partial charge in [-0.2, -0.15) is 0 Å². The molecule has 0 saturated carbocycles. The number of pyridine rings is 1. The van der Waals surface area contributed by atoms with Crippen molar-refractivity contribution in [1.82, 2.24) is 20.1 Å². The Balaban J connectivity index is 1.33. The average molecular weight is 368 g/mol. The molecule has 0 aliphatic carbocycles. The molecular formula is C21H28N4O2. The van der Waals surface area contributed by atoms with Crippen LogP contribution in [0.4, 0.5) is 4.79 Å². The summed E-state index contributed by atoms with van der Waals surface area (Å²) in [5.41, 5.74) is 1.99. The second-order valence-corrected chi connectivity index (χ2v) is 7.50. The zero-order chi connectivity index (χ0) is 18.5. The van der Waals surface area contributed by atoms with Crippen LogP contribution < -0.4 is 5.32 Å². The summed E-state index contributed by atoms with van der Waals surface area (Å²) in [7, 11) is 0. The Morgan fingerprint density at radius 2 is 2.04 bits per heavy atom. The molecule has 0 radical (unpaired) electrons. The zero-order valence-corrected chi connectivity index (χ0v) is 15.8. The fourth-order valence-corrected chi connectivity index (χ4v) is 3.95. The van der Waals surface area contributed by atoms with E-state index < -0.39 is 0 Å². The molecule has 1 aromatic carbocycles. The Morgan fingerprint density at radius 3 is 2.93 bits per heavy atom. The summed E-state index contributed by atoms with van der Waals surface area (Å²) >= 11 is 0. The number of likely N-dealkylation sites (tertiary alicyclic amines) is 1. The highest BCUT2D eigenvalue weighted by atomic mass is 16.5. The van der Waals surface area contributed by atoms with Gasteiger partial charge in [0.2, 0.25) is 0 Å². The molecule has 1 aromatic heterocycles. The largest absolute Gasteiger partial charge is 0.375 e. The van der Waals surface area contributed by atoms with Gasteiger partial charge in [0.05, 0.1) is 11.6 Å². The summed E-state index contributed by atoms with van der Waals surface area (Å²) in [5.74, 6) is 0.